The largest absolute Gasteiger partial charge is 0.492 e. The van der Waals surface area contributed by atoms with Gasteiger partial charge in [0.1, 0.15) is 12.4 Å². The monoisotopic (exact) mass is 365 g/mol. The first-order chi connectivity index (χ1) is 12.8. The molecule has 1 atom stereocenters. The zero-order valence-corrected chi connectivity index (χ0v) is 15.8. The summed E-state index contributed by atoms with van der Waals surface area (Å²) in [5.41, 5.74) is 0. The fourth-order valence-electron chi connectivity index (χ4n) is 2.78. The summed E-state index contributed by atoms with van der Waals surface area (Å²) in [5.74, 6) is 3.42. The summed E-state index contributed by atoms with van der Waals surface area (Å²) in [6.07, 6.45) is 2.98. The first-order valence-electron chi connectivity index (χ1n) is 9.42. The highest BCUT2D eigenvalue weighted by Crippen LogP contribution is 2.34. The van der Waals surface area contributed by atoms with Gasteiger partial charge in [0.15, 0.2) is 17.5 Å². The van der Waals surface area contributed by atoms with Crippen LogP contribution in [-0.2, 0) is 0 Å². The number of rotatable bonds is 11. The fraction of sp³-hybridized carbons (Fsp3) is 0.632. The Balaban J connectivity index is 1.75. The van der Waals surface area contributed by atoms with Crippen molar-refractivity contribution in [2.75, 3.05) is 39.6 Å². The summed E-state index contributed by atoms with van der Waals surface area (Å²) in [6.45, 7) is 7.34. The van der Waals surface area contributed by atoms with Crippen molar-refractivity contribution in [3.8, 4) is 17.2 Å². The molecule has 7 nitrogen and oxygen atoms in total. The molecule has 0 amide bonds. The van der Waals surface area contributed by atoms with Crippen LogP contribution in [0.1, 0.15) is 33.1 Å². The second-order valence-electron chi connectivity index (χ2n) is 6.18. The first-order valence-corrected chi connectivity index (χ1v) is 9.42. The molecule has 7 heteroatoms. The maximum absolute atomic E-state index is 9.16. The Labute approximate surface area is 155 Å². The Morgan fingerprint density at radius 2 is 2.08 bits per heavy atom. The van der Waals surface area contributed by atoms with Gasteiger partial charge < -0.3 is 30.0 Å². The van der Waals surface area contributed by atoms with Crippen LogP contribution in [0.25, 0.3) is 0 Å². The van der Waals surface area contributed by atoms with Gasteiger partial charge in [0.25, 0.3) is 0 Å². The number of ether oxygens (including phenoxy) is 3. The third-order valence-corrected chi connectivity index (χ3v) is 4.09. The van der Waals surface area contributed by atoms with E-state index in [9.17, 15) is 0 Å². The predicted octanol–water partition coefficient (Wildman–Crippen LogP) is 2.15. The number of aliphatic hydroxyl groups excluding tert-OH is 1. The van der Waals surface area contributed by atoms with Gasteiger partial charge in [0, 0.05) is 25.8 Å². The summed E-state index contributed by atoms with van der Waals surface area (Å²) in [4.78, 5) is 4.63. The second-order valence-corrected chi connectivity index (χ2v) is 6.18. The Kier molecular flexibility index (Phi) is 8.89. The molecule has 3 N–H and O–H groups in total. The molecule has 1 aliphatic rings. The topological polar surface area (TPSA) is 84.3 Å². The van der Waals surface area contributed by atoms with Crippen LogP contribution in [0.4, 0.5) is 0 Å². The van der Waals surface area contributed by atoms with Crippen molar-refractivity contribution in [3.05, 3.63) is 18.2 Å². The zero-order valence-electron chi connectivity index (χ0n) is 15.8. The van der Waals surface area contributed by atoms with E-state index in [4.69, 9.17) is 19.3 Å². The van der Waals surface area contributed by atoms with E-state index in [1.165, 1.54) is 0 Å². The number of aliphatic hydroxyl groups is 1. The predicted molar refractivity (Wildman–Crippen MR) is 102 cm³/mol. The minimum Gasteiger partial charge on any atom is -0.492 e. The quantitative estimate of drug-likeness (QED) is 0.317. The van der Waals surface area contributed by atoms with E-state index in [2.05, 4.69) is 22.5 Å². The molecular formula is C19H31N3O4. The number of hydrogen-bond donors (Lipinski definition) is 3. The fourth-order valence-corrected chi connectivity index (χ4v) is 2.78. The lowest BCUT2D eigenvalue weighted by Gasteiger charge is -2.15. The Bertz CT molecular complexity index is 560. The van der Waals surface area contributed by atoms with Gasteiger partial charge in [-0.3, -0.25) is 4.99 Å². The number of aliphatic imine (C=N–C) groups is 1. The Morgan fingerprint density at radius 3 is 2.85 bits per heavy atom. The van der Waals surface area contributed by atoms with Crippen LogP contribution in [0.2, 0.25) is 0 Å². The maximum Gasteiger partial charge on any atom is 0.231 e. The van der Waals surface area contributed by atoms with Crippen molar-refractivity contribution in [1.82, 2.24) is 10.6 Å². The van der Waals surface area contributed by atoms with Crippen molar-refractivity contribution >= 4 is 5.96 Å². The molecule has 2 rings (SSSR count). The highest BCUT2D eigenvalue weighted by molar-refractivity contribution is 5.79. The van der Waals surface area contributed by atoms with Crippen molar-refractivity contribution in [1.29, 1.82) is 0 Å². The first kappa shape index (κ1) is 20.2. The highest BCUT2D eigenvalue weighted by Gasteiger charge is 2.13. The molecule has 0 saturated heterocycles. The normalized spacial score (nSPS) is 14.2. The molecule has 0 radical (unpaired) electrons. The lowest BCUT2D eigenvalue weighted by Crippen LogP contribution is -2.39. The number of guanidine groups is 1. The van der Waals surface area contributed by atoms with Crippen molar-refractivity contribution in [2.45, 2.75) is 33.1 Å². The summed E-state index contributed by atoms with van der Waals surface area (Å²) in [5, 5.41) is 15.7. The van der Waals surface area contributed by atoms with Gasteiger partial charge in [-0.2, -0.15) is 0 Å². The molecule has 0 aliphatic carbocycles. The molecule has 1 unspecified atom stereocenters. The van der Waals surface area contributed by atoms with E-state index in [0.29, 0.717) is 25.6 Å². The molecule has 0 bridgehead atoms. The third-order valence-electron chi connectivity index (χ3n) is 4.09. The van der Waals surface area contributed by atoms with Crippen LogP contribution in [0.5, 0.6) is 17.2 Å². The molecule has 1 heterocycles. The molecule has 1 aliphatic heterocycles. The van der Waals surface area contributed by atoms with Gasteiger partial charge in [-0.25, -0.2) is 0 Å². The molecule has 0 fully saturated rings. The molecule has 0 aromatic heterocycles. The zero-order chi connectivity index (χ0) is 18.6. The van der Waals surface area contributed by atoms with Crippen LogP contribution in [-0.4, -0.2) is 50.7 Å². The van der Waals surface area contributed by atoms with Crippen LogP contribution in [0.15, 0.2) is 23.2 Å². The highest BCUT2D eigenvalue weighted by atomic mass is 16.7. The number of benzene rings is 1. The van der Waals surface area contributed by atoms with E-state index in [1.807, 2.05) is 25.1 Å². The molecule has 0 saturated carbocycles. The lowest BCUT2D eigenvalue weighted by atomic mass is 10.0. The summed E-state index contributed by atoms with van der Waals surface area (Å²) in [6, 6.07) is 5.56. The minimum absolute atomic E-state index is 0.216. The van der Waals surface area contributed by atoms with Crippen LogP contribution in [0.3, 0.4) is 0 Å². The summed E-state index contributed by atoms with van der Waals surface area (Å²) >= 11 is 0. The van der Waals surface area contributed by atoms with Gasteiger partial charge >= 0.3 is 0 Å². The average molecular weight is 365 g/mol. The molecule has 0 spiro atoms. The van der Waals surface area contributed by atoms with E-state index in [0.717, 1.165) is 49.0 Å². The lowest BCUT2D eigenvalue weighted by molar-refractivity contribution is 0.173. The van der Waals surface area contributed by atoms with Gasteiger partial charge in [-0.1, -0.05) is 13.3 Å². The maximum atomic E-state index is 9.16. The Morgan fingerprint density at radius 1 is 1.23 bits per heavy atom. The van der Waals surface area contributed by atoms with Gasteiger partial charge in [-0.15, -0.1) is 0 Å². The molecular weight excluding hydrogens is 334 g/mol. The van der Waals surface area contributed by atoms with Gasteiger partial charge in [0.2, 0.25) is 6.79 Å². The Hall–Kier alpha value is -2.15. The van der Waals surface area contributed by atoms with E-state index in [1.54, 1.807) is 0 Å². The number of hydrogen-bond acceptors (Lipinski definition) is 5. The summed E-state index contributed by atoms with van der Waals surface area (Å²) in [7, 11) is 0. The van der Waals surface area contributed by atoms with E-state index >= 15 is 0 Å². The minimum atomic E-state index is 0.216. The molecule has 26 heavy (non-hydrogen) atoms. The number of nitrogens with zero attached hydrogens (tertiary/aromatic N) is 1. The van der Waals surface area contributed by atoms with Crippen LogP contribution >= 0.6 is 0 Å². The van der Waals surface area contributed by atoms with Crippen molar-refractivity contribution in [3.63, 3.8) is 0 Å². The van der Waals surface area contributed by atoms with Crippen LogP contribution < -0.4 is 24.8 Å². The standard InChI is InChI=1S/C19H31N3O4/c1-3-5-15(8-10-23)13-22-19(20-4-2)21-9-11-24-16-6-7-17-18(12-16)26-14-25-17/h6-7,12,15,23H,3-5,8-11,13-14H2,1-2H3,(H2,20,21,22). The van der Waals surface area contributed by atoms with Gasteiger partial charge in [-0.05, 0) is 37.8 Å². The molecule has 1 aromatic rings. The third kappa shape index (κ3) is 6.63. The smallest absolute Gasteiger partial charge is 0.231 e. The van der Waals surface area contributed by atoms with E-state index < -0.39 is 0 Å². The second kappa shape index (κ2) is 11.5. The van der Waals surface area contributed by atoms with Crippen molar-refractivity contribution in [2.24, 2.45) is 10.9 Å². The van der Waals surface area contributed by atoms with Crippen LogP contribution in [0, 0.1) is 5.92 Å². The molecule has 146 valence electrons. The van der Waals surface area contributed by atoms with Crippen molar-refractivity contribution < 1.29 is 19.3 Å². The average Bonchev–Trinajstić information content (AvgIpc) is 3.11. The SMILES string of the molecule is CCCC(CCO)CN=C(NCC)NCCOc1ccc2c(c1)OCO2. The van der Waals surface area contributed by atoms with Gasteiger partial charge in [0.05, 0.1) is 6.54 Å². The number of fused-ring (bicyclic) bond motifs is 1. The summed E-state index contributed by atoms with van der Waals surface area (Å²) < 4.78 is 16.4. The van der Waals surface area contributed by atoms with E-state index in [-0.39, 0.29) is 13.4 Å². The number of nitrogens with one attached hydrogen (secondary N) is 2. The molecule has 1 aromatic carbocycles.